The predicted molar refractivity (Wildman–Crippen MR) is 137 cm³/mol. The summed E-state index contributed by atoms with van der Waals surface area (Å²) >= 11 is 6.07. The third-order valence-corrected chi connectivity index (χ3v) is 8.22. The number of hydrogen-bond donors (Lipinski definition) is 0. The monoisotopic (exact) mass is 551 g/mol. The zero-order valence-electron chi connectivity index (χ0n) is 20.0. The molecular weight excluding hydrogens is 527 g/mol. The summed E-state index contributed by atoms with van der Waals surface area (Å²) < 4.78 is 67.5. The first-order chi connectivity index (χ1) is 17.5. The topological polar surface area (TPSA) is 60.9 Å². The molecule has 196 valence electrons. The smallest absolute Gasteiger partial charge is 0.368 e. The van der Waals surface area contributed by atoms with Gasteiger partial charge >= 0.3 is 6.18 Å². The van der Waals surface area contributed by atoms with Gasteiger partial charge in [0.2, 0.25) is 5.91 Å². The number of hydrogen-bond acceptors (Lipinski definition) is 4. The summed E-state index contributed by atoms with van der Waals surface area (Å²) in [5.41, 5.74) is 0.619. The van der Waals surface area contributed by atoms with Crippen molar-refractivity contribution in [3.63, 3.8) is 0 Å². The van der Waals surface area contributed by atoms with Crippen molar-refractivity contribution in [1.29, 1.82) is 0 Å². The normalized spacial score (nSPS) is 14.5. The molecule has 1 saturated heterocycles. The fourth-order valence-corrected chi connectivity index (χ4v) is 5.96. The fraction of sp³-hybridized carbons (Fsp3) is 0.269. The molecular formula is C26H25ClF3N3O3S. The zero-order valence-corrected chi connectivity index (χ0v) is 21.5. The molecule has 3 aromatic carbocycles. The van der Waals surface area contributed by atoms with E-state index in [1.165, 1.54) is 23.1 Å². The molecule has 6 nitrogen and oxygen atoms in total. The lowest BCUT2D eigenvalue weighted by atomic mass is 10.1. The summed E-state index contributed by atoms with van der Waals surface area (Å²) in [5, 5.41) is 0.440. The van der Waals surface area contributed by atoms with Crippen LogP contribution in [0.15, 0.2) is 77.7 Å². The highest BCUT2D eigenvalue weighted by Crippen LogP contribution is 2.32. The first-order valence-electron chi connectivity index (χ1n) is 11.5. The minimum atomic E-state index is -4.44. The largest absolute Gasteiger partial charge is 0.416 e. The zero-order chi connectivity index (χ0) is 26.8. The van der Waals surface area contributed by atoms with Gasteiger partial charge in [-0.15, -0.1) is 0 Å². The maximum Gasteiger partial charge on any atom is 0.416 e. The molecule has 11 heteroatoms. The average Bonchev–Trinajstić information content (AvgIpc) is 2.88. The number of piperazine rings is 1. The molecule has 0 unspecified atom stereocenters. The van der Waals surface area contributed by atoms with Crippen LogP contribution in [0.5, 0.6) is 0 Å². The molecule has 0 saturated carbocycles. The van der Waals surface area contributed by atoms with Crippen molar-refractivity contribution in [2.45, 2.75) is 18.0 Å². The lowest BCUT2D eigenvalue weighted by molar-refractivity contribution is -0.137. The van der Waals surface area contributed by atoms with E-state index in [1.54, 1.807) is 54.3 Å². The van der Waals surface area contributed by atoms with Crippen molar-refractivity contribution in [2.75, 3.05) is 41.9 Å². The van der Waals surface area contributed by atoms with E-state index in [0.29, 0.717) is 35.1 Å². The van der Waals surface area contributed by atoms with E-state index >= 15 is 0 Å². The maximum absolute atomic E-state index is 13.6. The molecule has 4 rings (SSSR count). The molecule has 37 heavy (non-hydrogen) atoms. The van der Waals surface area contributed by atoms with Gasteiger partial charge in [0.15, 0.2) is 0 Å². The maximum atomic E-state index is 13.6. The van der Waals surface area contributed by atoms with Crippen LogP contribution in [0.2, 0.25) is 5.02 Å². The number of nitrogens with zero attached hydrogens (tertiary/aromatic N) is 3. The van der Waals surface area contributed by atoms with Crippen LogP contribution in [0, 0.1) is 6.92 Å². The Labute approximate surface area is 218 Å². The van der Waals surface area contributed by atoms with Crippen molar-refractivity contribution >= 4 is 38.9 Å². The Hall–Kier alpha value is -3.24. The summed E-state index contributed by atoms with van der Waals surface area (Å²) in [5.74, 6) is -0.405. The Balaban J connectivity index is 1.53. The van der Waals surface area contributed by atoms with Gasteiger partial charge in [0.1, 0.15) is 6.54 Å². The van der Waals surface area contributed by atoms with Crippen LogP contribution in [0.1, 0.15) is 11.1 Å². The van der Waals surface area contributed by atoms with E-state index in [0.717, 1.165) is 16.4 Å². The Morgan fingerprint density at radius 1 is 0.946 bits per heavy atom. The predicted octanol–water partition coefficient (Wildman–Crippen LogP) is 5.21. The third-order valence-electron chi connectivity index (χ3n) is 6.21. The first kappa shape index (κ1) is 26.8. The second kappa shape index (κ2) is 10.6. The highest BCUT2D eigenvalue weighted by molar-refractivity contribution is 7.92. The average molecular weight is 552 g/mol. The summed E-state index contributed by atoms with van der Waals surface area (Å²) in [7, 11) is -4.07. The van der Waals surface area contributed by atoms with Crippen LogP contribution in [-0.4, -0.2) is 51.9 Å². The van der Waals surface area contributed by atoms with E-state index in [9.17, 15) is 26.4 Å². The molecule has 3 aromatic rings. The number of halogens is 4. The quantitative estimate of drug-likeness (QED) is 0.422. The number of carbonyl (C=O) groups excluding carboxylic acids is 1. The lowest BCUT2D eigenvalue weighted by Gasteiger charge is -2.37. The highest BCUT2D eigenvalue weighted by Gasteiger charge is 2.33. The van der Waals surface area contributed by atoms with Gasteiger partial charge in [-0.1, -0.05) is 35.9 Å². The Morgan fingerprint density at radius 3 is 2.24 bits per heavy atom. The summed E-state index contributed by atoms with van der Waals surface area (Å²) in [6.07, 6.45) is -4.44. The van der Waals surface area contributed by atoms with Crippen LogP contribution in [0.3, 0.4) is 0 Å². The third kappa shape index (κ3) is 6.02. The van der Waals surface area contributed by atoms with Gasteiger partial charge in [-0.05, 0) is 61.0 Å². The number of amides is 1. The van der Waals surface area contributed by atoms with Crippen LogP contribution in [-0.2, 0) is 21.0 Å². The van der Waals surface area contributed by atoms with Crippen molar-refractivity contribution in [3.05, 3.63) is 88.9 Å². The molecule has 1 aliphatic rings. The van der Waals surface area contributed by atoms with E-state index < -0.39 is 34.2 Å². The van der Waals surface area contributed by atoms with Gasteiger partial charge in [-0.25, -0.2) is 8.42 Å². The summed E-state index contributed by atoms with van der Waals surface area (Å²) in [6.45, 7) is 2.41. The van der Waals surface area contributed by atoms with E-state index in [2.05, 4.69) is 0 Å². The van der Waals surface area contributed by atoms with Crippen LogP contribution in [0.25, 0.3) is 0 Å². The molecule has 0 aliphatic carbocycles. The number of sulfonamides is 1. The SMILES string of the molecule is Cc1cc(Cl)ccc1N(CC(=O)N1CCN(c2cccc(C(F)(F)F)c2)CC1)S(=O)(=O)c1ccccc1. The van der Waals surface area contributed by atoms with Crippen molar-refractivity contribution in [3.8, 4) is 0 Å². The number of carbonyl (C=O) groups is 1. The molecule has 0 bridgehead atoms. The first-order valence-corrected chi connectivity index (χ1v) is 13.3. The molecule has 0 spiro atoms. The van der Waals surface area contributed by atoms with Crippen LogP contribution in [0.4, 0.5) is 24.5 Å². The number of rotatable bonds is 6. The molecule has 1 aliphatic heterocycles. The van der Waals surface area contributed by atoms with Crippen LogP contribution < -0.4 is 9.21 Å². The second-order valence-corrected chi connectivity index (χ2v) is 11.0. The van der Waals surface area contributed by atoms with E-state index in [-0.39, 0.29) is 18.0 Å². The molecule has 1 amide bonds. The number of anilines is 2. The van der Waals surface area contributed by atoms with Crippen molar-refractivity contribution < 1.29 is 26.4 Å². The summed E-state index contributed by atoms with van der Waals surface area (Å²) in [6, 6.07) is 17.7. The van der Waals surface area contributed by atoms with Gasteiger partial charge in [-0.3, -0.25) is 9.10 Å². The molecule has 0 atom stereocenters. The standard InChI is InChI=1S/C26H25ClF3N3O3S/c1-19-16-21(27)10-11-24(19)33(37(35,36)23-8-3-2-4-9-23)18-25(34)32-14-12-31(13-15-32)22-7-5-6-20(17-22)26(28,29)30/h2-11,16-17H,12-15,18H2,1H3. The van der Waals surface area contributed by atoms with Gasteiger partial charge in [0.25, 0.3) is 10.0 Å². The molecule has 1 fully saturated rings. The van der Waals surface area contributed by atoms with Crippen molar-refractivity contribution in [2.24, 2.45) is 0 Å². The molecule has 1 heterocycles. The Bertz CT molecular complexity index is 1380. The summed E-state index contributed by atoms with van der Waals surface area (Å²) in [4.78, 5) is 16.7. The minimum absolute atomic E-state index is 0.0477. The minimum Gasteiger partial charge on any atom is -0.368 e. The number of benzene rings is 3. The lowest BCUT2D eigenvalue weighted by Crippen LogP contribution is -2.52. The van der Waals surface area contributed by atoms with Crippen molar-refractivity contribution in [1.82, 2.24) is 4.90 Å². The molecule has 0 N–H and O–H groups in total. The number of alkyl halides is 3. The van der Waals surface area contributed by atoms with Gasteiger partial charge in [0, 0.05) is 36.9 Å². The fourth-order valence-electron chi connectivity index (χ4n) is 4.23. The van der Waals surface area contributed by atoms with Gasteiger partial charge in [-0.2, -0.15) is 13.2 Å². The highest BCUT2D eigenvalue weighted by atomic mass is 35.5. The Kier molecular flexibility index (Phi) is 7.70. The second-order valence-electron chi connectivity index (χ2n) is 8.67. The van der Waals surface area contributed by atoms with E-state index in [4.69, 9.17) is 11.6 Å². The molecule has 0 aromatic heterocycles. The van der Waals surface area contributed by atoms with E-state index in [1.807, 2.05) is 0 Å². The molecule has 0 radical (unpaired) electrons. The number of aryl methyl sites for hydroxylation is 1. The van der Waals surface area contributed by atoms with Gasteiger partial charge < -0.3 is 9.80 Å². The Morgan fingerprint density at radius 2 is 1.62 bits per heavy atom. The van der Waals surface area contributed by atoms with Gasteiger partial charge in [0.05, 0.1) is 16.1 Å². The van der Waals surface area contributed by atoms with Crippen LogP contribution >= 0.6 is 11.6 Å².